The van der Waals surface area contributed by atoms with Crippen molar-refractivity contribution in [3.8, 4) is 0 Å². The molecule has 1 fully saturated rings. The number of aromatic nitrogens is 2. The van der Waals surface area contributed by atoms with E-state index in [4.69, 9.17) is 4.52 Å². The molecule has 2 aromatic rings. The van der Waals surface area contributed by atoms with Gasteiger partial charge in [-0.05, 0) is 24.8 Å². The molecule has 2 heterocycles. The fourth-order valence-electron chi connectivity index (χ4n) is 2.81. The normalized spacial score (nSPS) is 17.6. The highest BCUT2D eigenvalue weighted by atomic mass is 16.5. The Morgan fingerprint density at radius 2 is 2.12 bits per heavy atom. The molecule has 0 saturated carbocycles. The molecule has 1 aromatic heterocycles. The van der Waals surface area contributed by atoms with Crippen molar-refractivity contribution in [2.45, 2.75) is 44.6 Å². The number of rotatable bonds is 6. The van der Waals surface area contributed by atoms with Crippen LogP contribution < -0.4 is 10.6 Å². The van der Waals surface area contributed by atoms with Gasteiger partial charge in [0.25, 0.3) is 0 Å². The first-order chi connectivity index (χ1) is 12.2. The number of aryl methyl sites for hydroxylation is 1. The van der Waals surface area contributed by atoms with Gasteiger partial charge in [-0.2, -0.15) is 4.98 Å². The molecule has 1 atom stereocenters. The van der Waals surface area contributed by atoms with Gasteiger partial charge in [-0.3, -0.25) is 9.59 Å². The van der Waals surface area contributed by atoms with Gasteiger partial charge in [-0.15, -0.1) is 0 Å². The van der Waals surface area contributed by atoms with Crippen LogP contribution in [0.3, 0.4) is 0 Å². The lowest BCUT2D eigenvalue weighted by Gasteiger charge is -2.14. The molecule has 0 aliphatic carbocycles. The first-order valence-electron chi connectivity index (χ1n) is 8.63. The summed E-state index contributed by atoms with van der Waals surface area (Å²) in [5, 5.41) is 9.54. The van der Waals surface area contributed by atoms with Crippen LogP contribution in [0.4, 0.5) is 0 Å². The van der Waals surface area contributed by atoms with Crippen molar-refractivity contribution >= 4 is 11.8 Å². The molecule has 3 rings (SSSR count). The van der Waals surface area contributed by atoms with Crippen molar-refractivity contribution in [3.05, 3.63) is 47.6 Å². The highest BCUT2D eigenvalue weighted by Gasteiger charge is 2.22. The predicted octanol–water partition coefficient (Wildman–Crippen LogP) is 1.38. The third-order valence-corrected chi connectivity index (χ3v) is 4.15. The standard InChI is InChI=1S/C18H22N4O3/c23-16(20-14-8-4-5-11-19-18(14)24)9-10-17-21-15(22-25-17)12-13-6-2-1-3-7-13/h1-3,6-7,14H,4-5,8-12H2,(H,19,24)(H,20,23)/t14-/m0/s1. The van der Waals surface area contributed by atoms with Gasteiger partial charge in [0.1, 0.15) is 6.04 Å². The van der Waals surface area contributed by atoms with Gasteiger partial charge >= 0.3 is 0 Å². The van der Waals surface area contributed by atoms with E-state index in [0.29, 0.717) is 37.5 Å². The van der Waals surface area contributed by atoms with Crippen molar-refractivity contribution in [1.82, 2.24) is 20.8 Å². The zero-order valence-corrected chi connectivity index (χ0v) is 14.0. The van der Waals surface area contributed by atoms with E-state index in [1.54, 1.807) is 0 Å². The van der Waals surface area contributed by atoms with E-state index >= 15 is 0 Å². The average molecular weight is 342 g/mol. The molecule has 0 radical (unpaired) electrons. The molecule has 1 aromatic carbocycles. The molecular formula is C18H22N4O3. The fraction of sp³-hybridized carbons (Fsp3) is 0.444. The molecule has 0 unspecified atom stereocenters. The van der Waals surface area contributed by atoms with Gasteiger partial charge in [0.05, 0.1) is 0 Å². The Balaban J connectivity index is 1.46. The van der Waals surface area contributed by atoms with E-state index in [1.807, 2.05) is 30.3 Å². The maximum Gasteiger partial charge on any atom is 0.242 e. The largest absolute Gasteiger partial charge is 0.354 e. The summed E-state index contributed by atoms with van der Waals surface area (Å²) in [6.07, 6.45) is 3.73. The van der Waals surface area contributed by atoms with Gasteiger partial charge in [-0.1, -0.05) is 35.5 Å². The molecular weight excluding hydrogens is 320 g/mol. The Morgan fingerprint density at radius 3 is 2.96 bits per heavy atom. The molecule has 1 saturated heterocycles. The fourth-order valence-corrected chi connectivity index (χ4v) is 2.81. The lowest BCUT2D eigenvalue weighted by molar-refractivity contribution is -0.128. The SMILES string of the molecule is O=C(CCc1nc(Cc2ccccc2)no1)N[C@H]1CCCCNC1=O. The molecule has 7 heteroatoms. The summed E-state index contributed by atoms with van der Waals surface area (Å²) in [7, 11) is 0. The lowest BCUT2D eigenvalue weighted by atomic mass is 10.1. The Kier molecular flexibility index (Phi) is 5.77. The van der Waals surface area contributed by atoms with Crippen LogP contribution in [0.2, 0.25) is 0 Å². The van der Waals surface area contributed by atoms with Gasteiger partial charge in [0.15, 0.2) is 5.82 Å². The summed E-state index contributed by atoms with van der Waals surface area (Å²) in [4.78, 5) is 28.2. The Hall–Kier alpha value is -2.70. The highest BCUT2D eigenvalue weighted by Crippen LogP contribution is 2.09. The second-order valence-corrected chi connectivity index (χ2v) is 6.17. The van der Waals surface area contributed by atoms with Crippen molar-refractivity contribution in [1.29, 1.82) is 0 Å². The average Bonchev–Trinajstić information content (AvgIpc) is 2.97. The monoisotopic (exact) mass is 342 g/mol. The number of hydrogen-bond acceptors (Lipinski definition) is 5. The summed E-state index contributed by atoms with van der Waals surface area (Å²) >= 11 is 0. The van der Waals surface area contributed by atoms with Crippen molar-refractivity contribution in [2.24, 2.45) is 0 Å². The quantitative estimate of drug-likeness (QED) is 0.826. The summed E-state index contributed by atoms with van der Waals surface area (Å²) in [5.41, 5.74) is 1.10. The molecule has 7 nitrogen and oxygen atoms in total. The van der Waals surface area contributed by atoms with Crippen LogP contribution in [0.5, 0.6) is 0 Å². The van der Waals surface area contributed by atoms with E-state index in [2.05, 4.69) is 20.8 Å². The topological polar surface area (TPSA) is 97.1 Å². The smallest absolute Gasteiger partial charge is 0.242 e. The van der Waals surface area contributed by atoms with Crippen LogP contribution in [0.1, 0.15) is 43.0 Å². The number of amides is 2. The van der Waals surface area contributed by atoms with Crippen LogP contribution in [0, 0.1) is 0 Å². The molecule has 2 amide bonds. The maximum absolute atomic E-state index is 12.1. The Morgan fingerprint density at radius 1 is 1.28 bits per heavy atom. The molecule has 2 N–H and O–H groups in total. The second-order valence-electron chi connectivity index (χ2n) is 6.17. The summed E-state index contributed by atoms with van der Waals surface area (Å²) in [6, 6.07) is 9.45. The number of hydrogen-bond donors (Lipinski definition) is 2. The lowest BCUT2D eigenvalue weighted by Crippen LogP contribution is -2.45. The minimum absolute atomic E-state index is 0.103. The van der Waals surface area contributed by atoms with E-state index in [9.17, 15) is 9.59 Å². The predicted molar refractivity (Wildman–Crippen MR) is 90.7 cm³/mol. The van der Waals surface area contributed by atoms with Gasteiger partial charge in [-0.25, -0.2) is 0 Å². The number of nitrogens with zero attached hydrogens (tertiary/aromatic N) is 2. The van der Waals surface area contributed by atoms with Crippen LogP contribution in [-0.4, -0.2) is 34.5 Å². The zero-order chi connectivity index (χ0) is 17.5. The van der Waals surface area contributed by atoms with Gasteiger partial charge in [0.2, 0.25) is 17.7 Å². The minimum atomic E-state index is -0.439. The summed E-state index contributed by atoms with van der Waals surface area (Å²) < 4.78 is 5.20. The molecule has 0 spiro atoms. The maximum atomic E-state index is 12.1. The van der Waals surface area contributed by atoms with E-state index in [-0.39, 0.29) is 18.2 Å². The van der Waals surface area contributed by atoms with Gasteiger partial charge in [0, 0.05) is 25.8 Å². The molecule has 25 heavy (non-hydrogen) atoms. The molecule has 132 valence electrons. The molecule has 1 aliphatic heterocycles. The summed E-state index contributed by atoms with van der Waals surface area (Å²) in [5.74, 6) is 0.759. The number of nitrogens with one attached hydrogen (secondary N) is 2. The van der Waals surface area contributed by atoms with Gasteiger partial charge < -0.3 is 15.2 Å². The third kappa shape index (κ3) is 5.14. The van der Waals surface area contributed by atoms with E-state index in [0.717, 1.165) is 18.4 Å². The first kappa shape index (κ1) is 17.1. The number of carbonyl (C=O) groups is 2. The van der Waals surface area contributed by atoms with Crippen LogP contribution in [0.25, 0.3) is 0 Å². The van der Waals surface area contributed by atoms with E-state index in [1.165, 1.54) is 0 Å². The van der Waals surface area contributed by atoms with Crippen LogP contribution in [-0.2, 0) is 22.4 Å². The highest BCUT2D eigenvalue weighted by molar-refractivity contribution is 5.87. The molecule has 0 bridgehead atoms. The first-order valence-corrected chi connectivity index (χ1v) is 8.63. The zero-order valence-electron chi connectivity index (χ0n) is 14.0. The van der Waals surface area contributed by atoms with E-state index < -0.39 is 6.04 Å². The van der Waals surface area contributed by atoms with Crippen molar-refractivity contribution < 1.29 is 14.1 Å². The van der Waals surface area contributed by atoms with Crippen LogP contribution >= 0.6 is 0 Å². The second kappa shape index (κ2) is 8.41. The van der Waals surface area contributed by atoms with Crippen LogP contribution in [0.15, 0.2) is 34.9 Å². The third-order valence-electron chi connectivity index (χ3n) is 4.15. The van der Waals surface area contributed by atoms with Crippen molar-refractivity contribution in [2.75, 3.05) is 6.54 Å². The Labute approximate surface area is 146 Å². The minimum Gasteiger partial charge on any atom is -0.354 e. The Bertz CT molecular complexity index is 714. The number of carbonyl (C=O) groups excluding carboxylic acids is 2. The summed E-state index contributed by atoms with van der Waals surface area (Å²) in [6.45, 7) is 0.678. The van der Waals surface area contributed by atoms with Crippen molar-refractivity contribution in [3.63, 3.8) is 0 Å². The number of benzene rings is 1. The molecule has 1 aliphatic rings.